The van der Waals surface area contributed by atoms with Gasteiger partial charge in [0, 0.05) is 24.3 Å². The fourth-order valence-corrected chi connectivity index (χ4v) is 2.70. The summed E-state index contributed by atoms with van der Waals surface area (Å²) < 4.78 is 0. The molecule has 1 atom stereocenters. The molecule has 0 bridgehead atoms. The second kappa shape index (κ2) is 7.64. The molecule has 24 heavy (non-hydrogen) atoms. The first kappa shape index (κ1) is 18.2. The van der Waals surface area contributed by atoms with E-state index in [2.05, 4.69) is 48.5 Å². The maximum Gasteiger partial charge on any atom is 0.250 e. The van der Waals surface area contributed by atoms with Crippen LogP contribution in [0.3, 0.4) is 0 Å². The third-order valence-electron chi connectivity index (χ3n) is 3.73. The Balaban J connectivity index is 1.98. The highest BCUT2D eigenvalue weighted by molar-refractivity contribution is 6.33. The molecule has 1 unspecified atom stereocenters. The van der Waals surface area contributed by atoms with Crippen LogP contribution >= 0.6 is 11.6 Å². The number of carbonyl (C=O) groups excluding carboxylic acids is 1. The Labute approximate surface area is 147 Å². The largest absolute Gasteiger partial charge is 0.367 e. The molecule has 4 N–H and O–H groups in total. The van der Waals surface area contributed by atoms with Gasteiger partial charge in [0.2, 0.25) is 5.91 Å². The molecular weight excluding hydrogens is 324 g/mol. The minimum absolute atomic E-state index is 0.192. The zero-order chi connectivity index (χ0) is 17.7. The third kappa shape index (κ3) is 4.94. The number of benzene rings is 1. The molecule has 0 aliphatic heterocycles. The van der Waals surface area contributed by atoms with E-state index in [0.29, 0.717) is 22.9 Å². The summed E-state index contributed by atoms with van der Waals surface area (Å²) >= 11 is 6.15. The molecule has 0 radical (unpaired) electrons. The zero-order valence-electron chi connectivity index (χ0n) is 14.1. The highest BCUT2D eigenvalue weighted by Gasteiger charge is 2.21. The number of hydrogen-bond donors (Lipinski definition) is 3. The quantitative estimate of drug-likeness (QED) is 0.718. The Morgan fingerprint density at radius 2 is 2.00 bits per heavy atom. The average Bonchev–Trinajstić information content (AvgIpc) is 2.54. The van der Waals surface area contributed by atoms with E-state index in [1.165, 1.54) is 17.8 Å². The van der Waals surface area contributed by atoms with E-state index in [0.717, 1.165) is 0 Å². The van der Waals surface area contributed by atoms with Crippen LogP contribution in [-0.4, -0.2) is 23.0 Å². The molecule has 0 aliphatic rings. The van der Waals surface area contributed by atoms with Crippen molar-refractivity contribution >= 4 is 23.3 Å². The number of carbonyl (C=O) groups is 1. The molecule has 2 aromatic rings. The highest BCUT2D eigenvalue weighted by atomic mass is 35.5. The van der Waals surface area contributed by atoms with Crippen molar-refractivity contribution in [2.45, 2.75) is 32.4 Å². The Morgan fingerprint density at radius 3 is 2.58 bits per heavy atom. The minimum atomic E-state index is -0.547. The molecular formula is C18H23ClN4O. The van der Waals surface area contributed by atoms with Gasteiger partial charge in [0.15, 0.2) is 0 Å². The molecule has 2 rings (SSSR count). The first-order chi connectivity index (χ1) is 11.3. The molecule has 0 saturated carbocycles. The smallest absolute Gasteiger partial charge is 0.250 e. The molecule has 0 spiro atoms. The van der Waals surface area contributed by atoms with Crippen LogP contribution in [-0.2, 0) is 0 Å². The van der Waals surface area contributed by atoms with Gasteiger partial charge in [-0.2, -0.15) is 0 Å². The van der Waals surface area contributed by atoms with Crippen molar-refractivity contribution in [2.24, 2.45) is 5.73 Å². The fraction of sp³-hybridized carbons (Fsp3) is 0.333. The van der Waals surface area contributed by atoms with Gasteiger partial charge in [-0.15, -0.1) is 0 Å². The van der Waals surface area contributed by atoms with Crippen molar-refractivity contribution in [3.05, 3.63) is 58.7 Å². The third-order valence-corrected chi connectivity index (χ3v) is 4.02. The highest BCUT2D eigenvalue weighted by Crippen LogP contribution is 2.22. The fourth-order valence-electron chi connectivity index (χ4n) is 2.47. The SMILES string of the molecule is CC(NC(C)(C)CNc1ncc(C(N)=O)cc1Cl)c1ccccc1. The number of rotatable bonds is 7. The van der Waals surface area contributed by atoms with Crippen molar-refractivity contribution in [1.29, 1.82) is 0 Å². The van der Waals surface area contributed by atoms with Gasteiger partial charge < -0.3 is 16.4 Å². The summed E-state index contributed by atoms with van der Waals surface area (Å²) in [6.07, 6.45) is 1.42. The number of nitrogens with zero attached hydrogens (tertiary/aromatic N) is 1. The molecule has 5 nitrogen and oxygen atoms in total. The number of hydrogen-bond acceptors (Lipinski definition) is 4. The second-order valence-corrected chi connectivity index (χ2v) is 6.84. The molecule has 0 fully saturated rings. The summed E-state index contributed by atoms with van der Waals surface area (Å²) in [4.78, 5) is 15.3. The standard InChI is InChI=1S/C18H23ClN4O/c1-12(13-7-5-4-6-8-13)23-18(2,3)11-22-17-15(19)9-14(10-21-17)16(20)24/h4-10,12,23H,11H2,1-3H3,(H2,20,24)(H,21,22). The molecule has 1 aromatic carbocycles. The number of nitrogens with one attached hydrogen (secondary N) is 2. The minimum Gasteiger partial charge on any atom is -0.367 e. The van der Waals surface area contributed by atoms with Crippen molar-refractivity contribution in [1.82, 2.24) is 10.3 Å². The summed E-state index contributed by atoms with van der Waals surface area (Å²) in [5.41, 5.74) is 6.55. The first-order valence-electron chi connectivity index (χ1n) is 7.80. The van der Waals surface area contributed by atoms with Gasteiger partial charge in [-0.3, -0.25) is 4.79 Å². The Hall–Kier alpha value is -2.11. The summed E-state index contributed by atoms with van der Waals surface area (Å²) in [6.45, 7) is 6.95. The lowest BCUT2D eigenvalue weighted by atomic mass is 10.0. The van der Waals surface area contributed by atoms with Crippen LogP contribution < -0.4 is 16.4 Å². The van der Waals surface area contributed by atoms with Crippen LogP contribution in [0.15, 0.2) is 42.6 Å². The summed E-state index contributed by atoms with van der Waals surface area (Å²) in [6, 6.07) is 12.0. The predicted octanol–water partition coefficient (Wildman–Crippen LogP) is 3.38. The number of amides is 1. The molecule has 0 saturated heterocycles. The topological polar surface area (TPSA) is 80.0 Å². The van der Waals surface area contributed by atoms with Crippen molar-refractivity contribution in [3.63, 3.8) is 0 Å². The van der Waals surface area contributed by atoms with E-state index in [1.54, 1.807) is 0 Å². The first-order valence-corrected chi connectivity index (χ1v) is 8.18. The number of primary amides is 1. The maximum atomic E-state index is 11.1. The molecule has 1 heterocycles. The van der Waals surface area contributed by atoms with Gasteiger partial charge in [-0.05, 0) is 32.4 Å². The summed E-state index contributed by atoms with van der Waals surface area (Å²) in [7, 11) is 0. The number of nitrogens with two attached hydrogens (primary N) is 1. The average molecular weight is 347 g/mol. The lowest BCUT2D eigenvalue weighted by Gasteiger charge is -2.31. The van der Waals surface area contributed by atoms with Gasteiger partial charge >= 0.3 is 0 Å². The summed E-state index contributed by atoms with van der Waals surface area (Å²) in [5, 5.41) is 7.18. The molecule has 128 valence electrons. The number of halogens is 1. The monoisotopic (exact) mass is 346 g/mol. The van der Waals surface area contributed by atoms with E-state index in [4.69, 9.17) is 17.3 Å². The van der Waals surface area contributed by atoms with E-state index >= 15 is 0 Å². The lowest BCUT2D eigenvalue weighted by molar-refractivity contribution is 0.1000. The van der Waals surface area contributed by atoms with Crippen LogP contribution in [0.25, 0.3) is 0 Å². The van der Waals surface area contributed by atoms with Crippen LogP contribution in [0.5, 0.6) is 0 Å². The van der Waals surface area contributed by atoms with Gasteiger partial charge in [0.25, 0.3) is 0 Å². The van der Waals surface area contributed by atoms with Crippen molar-refractivity contribution in [3.8, 4) is 0 Å². The van der Waals surface area contributed by atoms with Crippen LogP contribution in [0, 0.1) is 0 Å². The van der Waals surface area contributed by atoms with Gasteiger partial charge in [-0.25, -0.2) is 4.98 Å². The van der Waals surface area contributed by atoms with Crippen LogP contribution in [0.2, 0.25) is 5.02 Å². The number of aromatic nitrogens is 1. The van der Waals surface area contributed by atoms with E-state index in [-0.39, 0.29) is 11.6 Å². The van der Waals surface area contributed by atoms with Crippen LogP contribution in [0.4, 0.5) is 5.82 Å². The van der Waals surface area contributed by atoms with Crippen molar-refractivity contribution in [2.75, 3.05) is 11.9 Å². The predicted molar refractivity (Wildman–Crippen MR) is 98.3 cm³/mol. The number of pyridine rings is 1. The normalized spacial score (nSPS) is 12.7. The van der Waals surface area contributed by atoms with Crippen LogP contribution in [0.1, 0.15) is 42.7 Å². The Bertz CT molecular complexity index is 703. The second-order valence-electron chi connectivity index (χ2n) is 6.43. The van der Waals surface area contributed by atoms with Gasteiger partial charge in [0.1, 0.15) is 5.82 Å². The lowest BCUT2D eigenvalue weighted by Crippen LogP contribution is -2.46. The molecule has 0 aliphatic carbocycles. The van der Waals surface area contributed by atoms with E-state index in [9.17, 15) is 4.79 Å². The van der Waals surface area contributed by atoms with Crippen molar-refractivity contribution < 1.29 is 4.79 Å². The van der Waals surface area contributed by atoms with Gasteiger partial charge in [-0.1, -0.05) is 41.9 Å². The van der Waals surface area contributed by atoms with Gasteiger partial charge in [0.05, 0.1) is 10.6 Å². The molecule has 6 heteroatoms. The zero-order valence-corrected chi connectivity index (χ0v) is 14.9. The molecule has 1 aromatic heterocycles. The number of anilines is 1. The van der Waals surface area contributed by atoms with E-state index in [1.807, 2.05) is 18.2 Å². The molecule has 1 amide bonds. The Kier molecular flexibility index (Phi) is 5.80. The Morgan fingerprint density at radius 1 is 1.33 bits per heavy atom. The maximum absolute atomic E-state index is 11.1. The van der Waals surface area contributed by atoms with E-state index < -0.39 is 5.91 Å². The summed E-state index contributed by atoms with van der Waals surface area (Å²) in [5.74, 6) is -0.0152.